The molecule has 8 heteroatoms. The Bertz CT molecular complexity index is 960. The Balaban J connectivity index is 1.85. The Morgan fingerprint density at radius 1 is 1.37 bits per heavy atom. The predicted octanol–water partition coefficient (Wildman–Crippen LogP) is 3.52. The van der Waals surface area contributed by atoms with Gasteiger partial charge in [0.05, 0.1) is 16.9 Å². The van der Waals surface area contributed by atoms with Crippen molar-refractivity contribution in [1.82, 2.24) is 15.3 Å². The van der Waals surface area contributed by atoms with Gasteiger partial charge in [-0.25, -0.2) is 14.4 Å². The van der Waals surface area contributed by atoms with Crippen LogP contribution >= 0.6 is 11.3 Å². The van der Waals surface area contributed by atoms with Crippen LogP contribution < -0.4 is 10.6 Å². The number of methoxy groups -OCH3 is 1. The number of amides is 1. The SMILES string of the molecule is COCC(C)NC(=O)c1sc2ncnc(NCc3cccc(F)c3)c2c1C. The molecular formula is C19H21FN4O2S. The summed E-state index contributed by atoms with van der Waals surface area (Å²) in [7, 11) is 1.60. The number of carbonyl (C=O) groups is 1. The fraction of sp³-hybridized carbons (Fsp3) is 0.316. The maximum Gasteiger partial charge on any atom is 0.262 e. The standard InChI is InChI=1S/C19H21FN4O2S/c1-11(9-26-3)24-18(25)16-12(2)15-17(22-10-23-19(15)27-16)21-8-13-5-4-6-14(20)7-13/h4-7,10-11H,8-9H2,1-3H3,(H,24,25)(H,21,22,23). The van der Waals surface area contributed by atoms with Gasteiger partial charge >= 0.3 is 0 Å². The highest BCUT2D eigenvalue weighted by atomic mass is 32.1. The van der Waals surface area contributed by atoms with E-state index in [4.69, 9.17) is 4.74 Å². The molecule has 1 amide bonds. The molecule has 6 nitrogen and oxygen atoms in total. The van der Waals surface area contributed by atoms with Gasteiger partial charge < -0.3 is 15.4 Å². The number of anilines is 1. The fourth-order valence-corrected chi connectivity index (χ4v) is 3.89. The Morgan fingerprint density at radius 2 is 2.19 bits per heavy atom. The summed E-state index contributed by atoms with van der Waals surface area (Å²) < 4.78 is 18.4. The summed E-state index contributed by atoms with van der Waals surface area (Å²) in [4.78, 5) is 22.5. The molecule has 1 atom stereocenters. The van der Waals surface area contributed by atoms with Crippen molar-refractivity contribution in [2.24, 2.45) is 0 Å². The van der Waals surface area contributed by atoms with E-state index in [-0.39, 0.29) is 17.8 Å². The highest BCUT2D eigenvalue weighted by Crippen LogP contribution is 2.33. The number of aromatic nitrogens is 2. The minimum absolute atomic E-state index is 0.0937. The van der Waals surface area contributed by atoms with E-state index in [1.165, 1.54) is 29.8 Å². The van der Waals surface area contributed by atoms with Crippen molar-refractivity contribution < 1.29 is 13.9 Å². The number of ether oxygens (including phenoxy) is 1. The number of carbonyl (C=O) groups excluding carboxylic acids is 1. The minimum atomic E-state index is -0.280. The monoisotopic (exact) mass is 388 g/mol. The summed E-state index contributed by atoms with van der Waals surface area (Å²) in [6.45, 7) is 4.63. The van der Waals surface area contributed by atoms with Crippen molar-refractivity contribution in [1.29, 1.82) is 0 Å². The van der Waals surface area contributed by atoms with Crippen LogP contribution in [0.15, 0.2) is 30.6 Å². The number of fused-ring (bicyclic) bond motifs is 1. The topological polar surface area (TPSA) is 76.1 Å². The lowest BCUT2D eigenvalue weighted by atomic mass is 10.1. The van der Waals surface area contributed by atoms with Gasteiger partial charge in [-0.3, -0.25) is 4.79 Å². The van der Waals surface area contributed by atoms with Gasteiger partial charge in [0.1, 0.15) is 22.8 Å². The largest absolute Gasteiger partial charge is 0.383 e. The molecule has 3 rings (SSSR count). The van der Waals surface area contributed by atoms with Gasteiger partial charge in [-0.05, 0) is 37.1 Å². The molecular weight excluding hydrogens is 367 g/mol. The summed E-state index contributed by atoms with van der Waals surface area (Å²) in [5, 5.41) is 6.95. The third kappa shape index (κ3) is 4.40. The zero-order valence-corrected chi connectivity index (χ0v) is 16.2. The highest BCUT2D eigenvalue weighted by Gasteiger charge is 2.20. The van der Waals surface area contributed by atoms with Gasteiger partial charge in [-0.15, -0.1) is 11.3 Å². The average Bonchev–Trinajstić information content (AvgIpc) is 2.98. The van der Waals surface area contributed by atoms with Crippen LogP contribution in [0, 0.1) is 12.7 Å². The smallest absolute Gasteiger partial charge is 0.262 e. The molecule has 1 aromatic carbocycles. The first-order chi connectivity index (χ1) is 13.0. The highest BCUT2D eigenvalue weighted by molar-refractivity contribution is 7.20. The average molecular weight is 388 g/mol. The molecule has 1 unspecified atom stereocenters. The third-order valence-electron chi connectivity index (χ3n) is 4.08. The van der Waals surface area contributed by atoms with Gasteiger partial charge in [0, 0.05) is 19.7 Å². The number of nitrogens with zero attached hydrogens (tertiary/aromatic N) is 2. The van der Waals surface area contributed by atoms with E-state index in [1.807, 2.05) is 19.9 Å². The molecule has 0 spiro atoms. The van der Waals surface area contributed by atoms with Gasteiger partial charge in [0.15, 0.2) is 0 Å². The van der Waals surface area contributed by atoms with Crippen LogP contribution in [0.3, 0.4) is 0 Å². The molecule has 0 fully saturated rings. The Hall–Kier alpha value is -2.58. The Kier molecular flexibility index (Phi) is 5.98. The van der Waals surface area contributed by atoms with E-state index in [0.717, 1.165) is 21.3 Å². The molecule has 3 aromatic rings. The molecule has 0 saturated heterocycles. The molecule has 2 heterocycles. The second-order valence-corrected chi connectivity index (χ2v) is 7.27. The van der Waals surface area contributed by atoms with Crippen molar-refractivity contribution in [2.45, 2.75) is 26.4 Å². The van der Waals surface area contributed by atoms with Crippen LogP contribution in [0.25, 0.3) is 10.2 Å². The van der Waals surface area contributed by atoms with E-state index in [2.05, 4.69) is 20.6 Å². The molecule has 142 valence electrons. The van der Waals surface area contributed by atoms with Gasteiger partial charge in [0.2, 0.25) is 0 Å². The van der Waals surface area contributed by atoms with E-state index in [9.17, 15) is 9.18 Å². The third-order valence-corrected chi connectivity index (χ3v) is 5.27. The van der Waals surface area contributed by atoms with Gasteiger partial charge in [-0.2, -0.15) is 0 Å². The lowest BCUT2D eigenvalue weighted by Crippen LogP contribution is -2.35. The van der Waals surface area contributed by atoms with Crippen LogP contribution in [-0.4, -0.2) is 35.6 Å². The zero-order valence-electron chi connectivity index (χ0n) is 15.4. The van der Waals surface area contributed by atoms with Crippen LogP contribution in [0.4, 0.5) is 10.2 Å². The second kappa shape index (κ2) is 8.41. The Morgan fingerprint density at radius 3 is 2.93 bits per heavy atom. The maximum atomic E-state index is 13.4. The lowest BCUT2D eigenvalue weighted by molar-refractivity contribution is 0.0909. The number of aryl methyl sites for hydroxylation is 1. The molecule has 0 bridgehead atoms. The van der Waals surface area contributed by atoms with Crippen LogP contribution in [-0.2, 0) is 11.3 Å². The predicted molar refractivity (Wildman–Crippen MR) is 105 cm³/mol. The quantitative estimate of drug-likeness (QED) is 0.648. The molecule has 0 aliphatic rings. The normalized spacial score (nSPS) is 12.1. The molecule has 0 aliphatic carbocycles. The number of hydrogen-bond acceptors (Lipinski definition) is 6. The zero-order chi connectivity index (χ0) is 19.4. The summed E-state index contributed by atoms with van der Waals surface area (Å²) >= 11 is 1.33. The van der Waals surface area contributed by atoms with Gasteiger partial charge in [0.25, 0.3) is 5.91 Å². The molecule has 2 N–H and O–H groups in total. The number of benzene rings is 1. The lowest BCUT2D eigenvalue weighted by Gasteiger charge is -2.12. The first-order valence-electron chi connectivity index (χ1n) is 8.51. The van der Waals surface area contributed by atoms with E-state index in [1.54, 1.807) is 13.2 Å². The van der Waals surface area contributed by atoms with Crippen molar-refractivity contribution in [3.05, 3.63) is 52.4 Å². The molecule has 0 saturated carbocycles. The van der Waals surface area contributed by atoms with Gasteiger partial charge in [-0.1, -0.05) is 12.1 Å². The molecule has 0 radical (unpaired) electrons. The van der Waals surface area contributed by atoms with Crippen LogP contribution in [0.1, 0.15) is 27.7 Å². The molecule has 0 aliphatic heterocycles. The number of rotatable bonds is 7. The van der Waals surface area contributed by atoms with Crippen molar-refractivity contribution in [2.75, 3.05) is 19.0 Å². The molecule has 27 heavy (non-hydrogen) atoms. The summed E-state index contributed by atoms with van der Waals surface area (Å²) in [5.41, 5.74) is 1.63. The van der Waals surface area contributed by atoms with E-state index < -0.39 is 0 Å². The summed E-state index contributed by atoms with van der Waals surface area (Å²) in [6, 6.07) is 6.29. The first kappa shape index (κ1) is 19.2. The summed E-state index contributed by atoms with van der Waals surface area (Å²) in [5.74, 6) is 0.191. The fourth-order valence-electron chi connectivity index (χ4n) is 2.84. The minimum Gasteiger partial charge on any atom is -0.383 e. The van der Waals surface area contributed by atoms with Crippen molar-refractivity contribution >= 4 is 33.3 Å². The van der Waals surface area contributed by atoms with Crippen LogP contribution in [0.5, 0.6) is 0 Å². The van der Waals surface area contributed by atoms with Crippen molar-refractivity contribution in [3.8, 4) is 0 Å². The summed E-state index contributed by atoms with van der Waals surface area (Å²) in [6.07, 6.45) is 1.46. The van der Waals surface area contributed by atoms with E-state index >= 15 is 0 Å². The Labute approximate surface area is 160 Å². The number of thiophene rings is 1. The number of hydrogen-bond donors (Lipinski definition) is 2. The molecule has 2 aromatic heterocycles. The second-order valence-electron chi connectivity index (χ2n) is 6.27. The van der Waals surface area contributed by atoms with Crippen LogP contribution in [0.2, 0.25) is 0 Å². The first-order valence-corrected chi connectivity index (χ1v) is 9.33. The maximum absolute atomic E-state index is 13.4. The van der Waals surface area contributed by atoms with E-state index in [0.29, 0.717) is 23.8 Å². The number of halogens is 1. The van der Waals surface area contributed by atoms with Crippen molar-refractivity contribution in [3.63, 3.8) is 0 Å². The number of nitrogens with one attached hydrogen (secondary N) is 2.